The standard InChI is InChI=1S/C18H21N3O5S/c1-11-6-7-15(10-16(11)21(23)24)19-18(22)14-8-12(2)13(3)17(9-14)27(25,26)20(4)5/h6-10H,1-5H3,(H,19,22). The first-order chi connectivity index (χ1) is 12.4. The van der Waals surface area contributed by atoms with E-state index in [0.717, 1.165) is 4.31 Å². The van der Waals surface area contributed by atoms with Crippen molar-refractivity contribution in [3.8, 4) is 0 Å². The minimum atomic E-state index is -3.72. The molecular formula is C18H21N3O5S. The highest BCUT2D eigenvalue weighted by molar-refractivity contribution is 7.89. The number of rotatable bonds is 5. The summed E-state index contributed by atoms with van der Waals surface area (Å²) in [5.41, 5.74) is 1.99. The average Bonchev–Trinajstić information content (AvgIpc) is 2.58. The SMILES string of the molecule is Cc1ccc(NC(=O)c2cc(C)c(C)c(S(=O)(=O)N(C)C)c2)cc1[N+](=O)[O-]. The van der Waals surface area contributed by atoms with Crippen molar-refractivity contribution in [1.82, 2.24) is 4.31 Å². The number of hydrogen-bond donors (Lipinski definition) is 1. The molecule has 0 saturated carbocycles. The summed E-state index contributed by atoms with van der Waals surface area (Å²) in [7, 11) is -0.881. The number of aryl methyl sites for hydroxylation is 2. The Bertz CT molecular complexity index is 1030. The third-order valence-electron chi connectivity index (χ3n) is 4.30. The van der Waals surface area contributed by atoms with Crippen LogP contribution in [0.25, 0.3) is 0 Å². The maximum absolute atomic E-state index is 12.6. The highest BCUT2D eigenvalue weighted by Crippen LogP contribution is 2.25. The molecule has 9 heteroatoms. The number of nitro groups is 1. The van der Waals surface area contributed by atoms with E-state index in [1.165, 1.54) is 32.3 Å². The predicted octanol–water partition coefficient (Wildman–Crippen LogP) is 3.02. The van der Waals surface area contributed by atoms with Crippen molar-refractivity contribution in [2.24, 2.45) is 0 Å². The fraction of sp³-hybridized carbons (Fsp3) is 0.278. The summed E-state index contributed by atoms with van der Waals surface area (Å²) < 4.78 is 26.1. The summed E-state index contributed by atoms with van der Waals surface area (Å²) in [5, 5.41) is 13.6. The van der Waals surface area contributed by atoms with Crippen LogP contribution in [0.3, 0.4) is 0 Å². The van der Waals surface area contributed by atoms with Gasteiger partial charge >= 0.3 is 0 Å². The van der Waals surface area contributed by atoms with Crippen molar-refractivity contribution < 1.29 is 18.1 Å². The van der Waals surface area contributed by atoms with Crippen molar-refractivity contribution in [3.63, 3.8) is 0 Å². The molecule has 1 amide bonds. The molecule has 0 aliphatic carbocycles. The number of amides is 1. The lowest BCUT2D eigenvalue weighted by atomic mass is 10.1. The Hall–Kier alpha value is -2.78. The van der Waals surface area contributed by atoms with E-state index >= 15 is 0 Å². The predicted molar refractivity (Wildman–Crippen MR) is 103 cm³/mol. The van der Waals surface area contributed by atoms with Crippen molar-refractivity contribution in [2.75, 3.05) is 19.4 Å². The number of nitrogens with one attached hydrogen (secondary N) is 1. The van der Waals surface area contributed by atoms with Crippen LogP contribution in [0.5, 0.6) is 0 Å². The molecule has 1 N–H and O–H groups in total. The van der Waals surface area contributed by atoms with Gasteiger partial charge in [0.15, 0.2) is 0 Å². The Morgan fingerprint density at radius 3 is 2.26 bits per heavy atom. The van der Waals surface area contributed by atoms with Gasteiger partial charge in [0.1, 0.15) is 0 Å². The summed E-state index contributed by atoms with van der Waals surface area (Å²) in [6.07, 6.45) is 0. The van der Waals surface area contributed by atoms with Gasteiger partial charge in [-0.1, -0.05) is 6.07 Å². The third-order valence-corrected chi connectivity index (χ3v) is 6.25. The molecule has 0 aliphatic heterocycles. The molecule has 2 aromatic rings. The van der Waals surface area contributed by atoms with Gasteiger partial charge in [0.2, 0.25) is 10.0 Å². The first-order valence-corrected chi connectivity index (χ1v) is 9.49. The monoisotopic (exact) mass is 391 g/mol. The zero-order valence-corrected chi connectivity index (χ0v) is 16.5. The van der Waals surface area contributed by atoms with E-state index in [-0.39, 0.29) is 21.8 Å². The molecule has 0 bridgehead atoms. The molecule has 0 saturated heterocycles. The highest BCUT2D eigenvalue weighted by atomic mass is 32.2. The fourth-order valence-electron chi connectivity index (χ4n) is 2.51. The van der Waals surface area contributed by atoms with Crippen LogP contribution in [0.2, 0.25) is 0 Å². The van der Waals surface area contributed by atoms with E-state index in [9.17, 15) is 23.3 Å². The minimum absolute atomic E-state index is 0.0486. The first kappa shape index (κ1) is 20.5. The molecule has 0 unspecified atom stereocenters. The average molecular weight is 391 g/mol. The zero-order valence-electron chi connectivity index (χ0n) is 15.7. The number of benzene rings is 2. The van der Waals surface area contributed by atoms with Crippen LogP contribution in [-0.2, 0) is 10.0 Å². The molecule has 27 heavy (non-hydrogen) atoms. The number of hydrogen-bond acceptors (Lipinski definition) is 5. The lowest BCUT2D eigenvalue weighted by Gasteiger charge is -2.16. The topological polar surface area (TPSA) is 110 Å². The normalized spacial score (nSPS) is 11.5. The lowest BCUT2D eigenvalue weighted by Crippen LogP contribution is -2.24. The smallest absolute Gasteiger partial charge is 0.274 e. The van der Waals surface area contributed by atoms with Gasteiger partial charge in [-0.05, 0) is 50.1 Å². The van der Waals surface area contributed by atoms with Crippen LogP contribution < -0.4 is 5.32 Å². The summed E-state index contributed by atoms with van der Waals surface area (Å²) in [5.74, 6) is -0.550. The molecule has 8 nitrogen and oxygen atoms in total. The van der Waals surface area contributed by atoms with Crippen molar-refractivity contribution in [3.05, 3.63) is 62.7 Å². The van der Waals surface area contributed by atoms with E-state index in [0.29, 0.717) is 16.7 Å². The summed E-state index contributed by atoms with van der Waals surface area (Å²) >= 11 is 0. The van der Waals surface area contributed by atoms with E-state index in [1.54, 1.807) is 32.9 Å². The molecule has 0 aliphatic rings. The van der Waals surface area contributed by atoms with Gasteiger partial charge in [-0.2, -0.15) is 0 Å². The molecular weight excluding hydrogens is 370 g/mol. The molecule has 0 heterocycles. The van der Waals surface area contributed by atoms with Crippen LogP contribution in [0.4, 0.5) is 11.4 Å². The summed E-state index contributed by atoms with van der Waals surface area (Å²) in [6.45, 7) is 5.00. The Kier molecular flexibility index (Phi) is 5.67. The molecule has 0 fully saturated rings. The van der Waals surface area contributed by atoms with E-state index < -0.39 is 20.9 Å². The van der Waals surface area contributed by atoms with Crippen LogP contribution >= 0.6 is 0 Å². The van der Waals surface area contributed by atoms with Gasteiger partial charge in [0, 0.05) is 37.0 Å². The first-order valence-electron chi connectivity index (χ1n) is 8.05. The maximum Gasteiger partial charge on any atom is 0.274 e. The van der Waals surface area contributed by atoms with Gasteiger partial charge in [0.05, 0.1) is 9.82 Å². The largest absolute Gasteiger partial charge is 0.322 e. The van der Waals surface area contributed by atoms with Crippen molar-refractivity contribution in [2.45, 2.75) is 25.7 Å². The molecule has 2 aromatic carbocycles. The van der Waals surface area contributed by atoms with Gasteiger partial charge < -0.3 is 5.32 Å². The van der Waals surface area contributed by atoms with E-state index in [4.69, 9.17) is 0 Å². The molecule has 0 radical (unpaired) electrons. The number of carbonyl (C=O) groups is 1. The van der Waals surface area contributed by atoms with E-state index in [2.05, 4.69) is 5.32 Å². The molecule has 2 rings (SSSR count). The van der Waals surface area contributed by atoms with Gasteiger partial charge in [0.25, 0.3) is 11.6 Å². The Balaban J connectivity index is 2.45. The van der Waals surface area contributed by atoms with Gasteiger partial charge in [-0.25, -0.2) is 12.7 Å². The third kappa shape index (κ3) is 4.15. The maximum atomic E-state index is 12.6. The minimum Gasteiger partial charge on any atom is -0.322 e. The quantitative estimate of drug-likeness (QED) is 0.622. The Labute approximate surface area is 158 Å². The Morgan fingerprint density at radius 1 is 1.07 bits per heavy atom. The number of nitro benzene ring substituents is 1. The number of anilines is 1. The van der Waals surface area contributed by atoms with Crippen LogP contribution in [-0.4, -0.2) is 37.6 Å². The van der Waals surface area contributed by atoms with Gasteiger partial charge in [-0.3, -0.25) is 14.9 Å². The molecule has 144 valence electrons. The molecule has 0 spiro atoms. The van der Waals surface area contributed by atoms with Crippen molar-refractivity contribution in [1.29, 1.82) is 0 Å². The van der Waals surface area contributed by atoms with Crippen LogP contribution in [0.1, 0.15) is 27.0 Å². The van der Waals surface area contributed by atoms with Gasteiger partial charge in [-0.15, -0.1) is 0 Å². The number of nitrogens with zero attached hydrogens (tertiary/aromatic N) is 2. The molecule has 0 aromatic heterocycles. The number of sulfonamides is 1. The summed E-state index contributed by atoms with van der Waals surface area (Å²) in [4.78, 5) is 23.2. The lowest BCUT2D eigenvalue weighted by molar-refractivity contribution is -0.385. The van der Waals surface area contributed by atoms with E-state index in [1.807, 2.05) is 0 Å². The van der Waals surface area contributed by atoms with Crippen LogP contribution in [0, 0.1) is 30.9 Å². The van der Waals surface area contributed by atoms with Crippen LogP contribution in [0.15, 0.2) is 35.2 Å². The number of carbonyl (C=O) groups excluding carboxylic acids is 1. The summed E-state index contributed by atoms with van der Waals surface area (Å²) in [6, 6.07) is 7.26. The molecule has 0 atom stereocenters. The highest BCUT2D eigenvalue weighted by Gasteiger charge is 2.23. The Morgan fingerprint density at radius 2 is 1.70 bits per heavy atom. The second kappa shape index (κ2) is 7.45. The second-order valence-electron chi connectivity index (χ2n) is 6.42. The second-order valence-corrected chi connectivity index (χ2v) is 8.54. The zero-order chi connectivity index (χ0) is 20.5. The fourth-order valence-corrected chi connectivity index (χ4v) is 3.73. The van der Waals surface area contributed by atoms with Crippen molar-refractivity contribution >= 4 is 27.3 Å².